The highest BCUT2D eigenvalue weighted by Crippen LogP contribution is 2.40. The van der Waals surface area contributed by atoms with Gasteiger partial charge in [-0.15, -0.1) is 0 Å². The van der Waals surface area contributed by atoms with Gasteiger partial charge in [-0.2, -0.15) is 15.8 Å². The van der Waals surface area contributed by atoms with Gasteiger partial charge in [0.2, 0.25) is 0 Å². The molecule has 2 heterocycles. The summed E-state index contributed by atoms with van der Waals surface area (Å²) in [5.74, 6) is -0.157. The molecule has 0 spiro atoms. The fourth-order valence-corrected chi connectivity index (χ4v) is 7.62. The molecule has 0 radical (unpaired) electrons. The molecule has 5 nitrogen and oxygen atoms in total. The zero-order chi connectivity index (χ0) is 33.8. The zero-order valence-electron chi connectivity index (χ0n) is 26.9. The summed E-state index contributed by atoms with van der Waals surface area (Å²) < 4.78 is 4.49. The average molecular weight is 638 g/mol. The van der Waals surface area contributed by atoms with E-state index in [1.165, 1.54) is 5.56 Å². The second-order valence-electron chi connectivity index (χ2n) is 12.6. The van der Waals surface area contributed by atoms with Crippen molar-refractivity contribution in [3.8, 4) is 51.8 Å². The molecule has 0 saturated heterocycles. The summed E-state index contributed by atoms with van der Waals surface area (Å²) in [6, 6.07) is 52.4. The van der Waals surface area contributed by atoms with E-state index in [1.54, 1.807) is 0 Å². The normalized spacial score (nSPS) is 13.6. The Hall–Kier alpha value is -7.13. The number of allylic oxidation sites excluding steroid dienone is 1. The first-order chi connectivity index (χ1) is 24.7. The molecule has 6 aromatic carbocycles. The van der Waals surface area contributed by atoms with Crippen molar-refractivity contribution in [2.24, 2.45) is 5.92 Å². The molecule has 8 aromatic rings. The Bertz CT molecular complexity index is 2830. The number of hydrogen-bond acceptors (Lipinski definition) is 3. The fourth-order valence-electron chi connectivity index (χ4n) is 7.62. The highest BCUT2D eigenvalue weighted by Gasteiger charge is 2.24. The molecule has 1 unspecified atom stereocenters. The maximum Gasteiger partial charge on any atom is 0.0998 e. The lowest BCUT2D eigenvalue weighted by Gasteiger charge is -2.18. The van der Waals surface area contributed by atoms with Crippen LogP contribution in [0, 0.1) is 39.9 Å². The maximum atomic E-state index is 10.3. The van der Waals surface area contributed by atoms with Crippen LogP contribution in [0.25, 0.3) is 72.4 Å². The topological polar surface area (TPSA) is 81.2 Å². The number of nitriles is 3. The van der Waals surface area contributed by atoms with Gasteiger partial charge in [0.1, 0.15) is 0 Å². The van der Waals surface area contributed by atoms with Gasteiger partial charge in [0.15, 0.2) is 0 Å². The predicted molar refractivity (Wildman–Crippen MR) is 200 cm³/mol. The number of para-hydroxylation sites is 3. The van der Waals surface area contributed by atoms with E-state index in [9.17, 15) is 15.8 Å². The molecule has 0 bridgehead atoms. The van der Waals surface area contributed by atoms with Gasteiger partial charge in [0.05, 0.1) is 57.5 Å². The summed E-state index contributed by atoms with van der Waals surface area (Å²) in [5.41, 5.74) is 12.5. The van der Waals surface area contributed by atoms with Crippen LogP contribution in [0.15, 0.2) is 140 Å². The first kappa shape index (κ1) is 29.0. The van der Waals surface area contributed by atoms with Crippen molar-refractivity contribution in [3.63, 3.8) is 0 Å². The third kappa shape index (κ3) is 4.45. The highest BCUT2D eigenvalue weighted by molar-refractivity contribution is 6.09. The van der Waals surface area contributed by atoms with Crippen LogP contribution in [0.3, 0.4) is 0 Å². The summed E-state index contributed by atoms with van der Waals surface area (Å²) in [6.45, 7) is 0. The minimum absolute atomic E-state index is 0.157. The van der Waals surface area contributed by atoms with E-state index in [2.05, 4.69) is 100 Å². The minimum Gasteiger partial charge on any atom is -0.309 e. The van der Waals surface area contributed by atoms with Crippen LogP contribution in [-0.4, -0.2) is 9.13 Å². The van der Waals surface area contributed by atoms with E-state index in [0.29, 0.717) is 17.5 Å². The first-order valence-electron chi connectivity index (χ1n) is 16.5. The maximum absolute atomic E-state index is 10.3. The zero-order valence-corrected chi connectivity index (χ0v) is 26.9. The lowest BCUT2D eigenvalue weighted by atomic mass is 9.92. The number of nitrogens with zero attached hydrogens (tertiary/aromatic N) is 5. The molecule has 0 N–H and O–H groups in total. The van der Waals surface area contributed by atoms with Gasteiger partial charge in [-0.25, -0.2) is 0 Å². The van der Waals surface area contributed by atoms with Gasteiger partial charge in [-0.3, -0.25) is 0 Å². The van der Waals surface area contributed by atoms with Gasteiger partial charge in [-0.05, 0) is 83.8 Å². The molecule has 9 rings (SSSR count). The molecule has 232 valence electrons. The molecule has 5 heteroatoms. The molecule has 0 amide bonds. The summed E-state index contributed by atoms with van der Waals surface area (Å²) in [5, 5.41) is 33.0. The molecule has 50 heavy (non-hydrogen) atoms. The Kier molecular flexibility index (Phi) is 6.70. The van der Waals surface area contributed by atoms with Crippen molar-refractivity contribution in [1.82, 2.24) is 9.13 Å². The number of rotatable bonds is 4. The molecular weight excluding hydrogens is 611 g/mol. The van der Waals surface area contributed by atoms with Gasteiger partial charge < -0.3 is 9.13 Å². The van der Waals surface area contributed by atoms with E-state index >= 15 is 0 Å². The Morgan fingerprint density at radius 1 is 0.560 bits per heavy atom. The molecule has 0 saturated carbocycles. The van der Waals surface area contributed by atoms with Crippen LogP contribution < -0.4 is 0 Å². The van der Waals surface area contributed by atoms with Crippen molar-refractivity contribution in [2.75, 3.05) is 0 Å². The standard InChI is InChI=1S/C45H27N5/c46-26-29-14-22-44-40(23-29)37-9-3-6-12-43(37)50(44)42-11-5-2-8-36(42)39-25-32(15-16-33(39)28-48)31-17-19-34(20-18-31)49-41-10-4-1-7-35(41)38-21-13-30(27-47)24-45(38)49/h1-22,24-25,29H,23H2. The van der Waals surface area contributed by atoms with E-state index in [1.807, 2.05) is 72.8 Å². The summed E-state index contributed by atoms with van der Waals surface area (Å²) in [4.78, 5) is 0. The van der Waals surface area contributed by atoms with Gasteiger partial charge in [0.25, 0.3) is 0 Å². The molecule has 0 fully saturated rings. The van der Waals surface area contributed by atoms with Crippen LogP contribution in [0.4, 0.5) is 0 Å². The monoisotopic (exact) mass is 637 g/mol. The SMILES string of the molecule is N#Cc1ccc2c3ccccc3n(-c3ccc(-c4ccc(C#N)c(-c5ccccc5-n5c6c(c7ccccc75)CC(C#N)C=C6)c4)cc3)c2c1. The predicted octanol–water partition coefficient (Wildman–Crippen LogP) is 10.5. The van der Waals surface area contributed by atoms with Crippen molar-refractivity contribution in [1.29, 1.82) is 15.8 Å². The van der Waals surface area contributed by atoms with Crippen LogP contribution >= 0.6 is 0 Å². The van der Waals surface area contributed by atoms with E-state index in [-0.39, 0.29) is 5.92 Å². The highest BCUT2D eigenvalue weighted by atomic mass is 15.0. The summed E-state index contributed by atoms with van der Waals surface area (Å²) >= 11 is 0. The van der Waals surface area contributed by atoms with E-state index < -0.39 is 0 Å². The van der Waals surface area contributed by atoms with Gasteiger partial charge >= 0.3 is 0 Å². The van der Waals surface area contributed by atoms with Crippen LogP contribution in [0.5, 0.6) is 0 Å². The second-order valence-corrected chi connectivity index (χ2v) is 12.6. The molecule has 1 atom stereocenters. The first-order valence-corrected chi connectivity index (χ1v) is 16.5. The fraction of sp³-hybridized carbons (Fsp3) is 0.0444. The number of aromatic nitrogens is 2. The Morgan fingerprint density at radius 2 is 1.26 bits per heavy atom. The lowest BCUT2D eigenvalue weighted by molar-refractivity contribution is 0.809. The third-order valence-corrected chi connectivity index (χ3v) is 9.93. The van der Waals surface area contributed by atoms with Crippen molar-refractivity contribution in [3.05, 3.63) is 162 Å². The van der Waals surface area contributed by atoms with Crippen LogP contribution in [0.2, 0.25) is 0 Å². The van der Waals surface area contributed by atoms with E-state index in [0.717, 1.165) is 72.0 Å². The second kappa shape index (κ2) is 11.5. The Balaban J connectivity index is 1.17. The molecule has 1 aliphatic rings. The largest absolute Gasteiger partial charge is 0.309 e. The van der Waals surface area contributed by atoms with Gasteiger partial charge in [-0.1, -0.05) is 84.9 Å². The van der Waals surface area contributed by atoms with E-state index in [4.69, 9.17) is 0 Å². The lowest BCUT2D eigenvalue weighted by Crippen LogP contribution is -2.07. The Morgan fingerprint density at radius 3 is 2.04 bits per heavy atom. The van der Waals surface area contributed by atoms with Crippen LogP contribution in [0.1, 0.15) is 22.4 Å². The van der Waals surface area contributed by atoms with Crippen molar-refractivity contribution < 1.29 is 0 Å². The van der Waals surface area contributed by atoms with Crippen molar-refractivity contribution in [2.45, 2.75) is 6.42 Å². The smallest absolute Gasteiger partial charge is 0.0998 e. The van der Waals surface area contributed by atoms with Crippen LogP contribution in [-0.2, 0) is 6.42 Å². The number of fused-ring (bicyclic) bond motifs is 6. The third-order valence-electron chi connectivity index (χ3n) is 9.93. The summed E-state index contributed by atoms with van der Waals surface area (Å²) in [6.07, 6.45) is 4.74. The molecule has 2 aromatic heterocycles. The molecule has 0 aliphatic heterocycles. The average Bonchev–Trinajstić information content (AvgIpc) is 3.69. The Labute approximate surface area is 289 Å². The number of benzene rings is 6. The summed E-state index contributed by atoms with van der Waals surface area (Å²) in [7, 11) is 0. The van der Waals surface area contributed by atoms with Gasteiger partial charge in [0, 0.05) is 38.7 Å². The minimum atomic E-state index is -0.157. The molecule has 1 aliphatic carbocycles. The number of hydrogen-bond donors (Lipinski definition) is 0. The quantitative estimate of drug-likeness (QED) is 0.193. The molecular formula is C45H27N5. The van der Waals surface area contributed by atoms with Crippen molar-refractivity contribution >= 4 is 38.8 Å².